The van der Waals surface area contributed by atoms with Gasteiger partial charge in [-0.3, -0.25) is 4.39 Å². The quantitative estimate of drug-likeness (QED) is 0.433. The van der Waals surface area contributed by atoms with Gasteiger partial charge in [-0.2, -0.15) is 0 Å². The Kier molecular flexibility index (Phi) is 4.80. The largest absolute Gasteiger partial charge is 0.381 e. The van der Waals surface area contributed by atoms with Crippen molar-refractivity contribution in [2.75, 3.05) is 20.4 Å². The van der Waals surface area contributed by atoms with E-state index in [4.69, 9.17) is 4.74 Å². The number of alkyl halides is 1. The van der Waals surface area contributed by atoms with Crippen LogP contribution in [-0.4, -0.2) is 20.4 Å². The molecule has 0 aromatic heterocycles. The van der Waals surface area contributed by atoms with E-state index in [9.17, 15) is 4.39 Å². The number of hydrogen-bond acceptors (Lipinski definition) is 1. The molecule has 0 N–H and O–H groups in total. The Balaban J connectivity index is 0.000000112. The topological polar surface area (TPSA) is 9.23 Å². The maximum Gasteiger partial charge on any atom is 0.0785 e. The van der Waals surface area contributed by atoms with Crippen LogP contribution in [-0.2, 0) is 4.74 Å². The van der Waals surface area contributed by atoms with Gasteiger partial charge in [0.2, 0.25) is 0 Å². The summed E-state index contributed by atoms with van der Waals surface area (Å²) in [5.41, 5.74) is 0. The van der Waals surface area contributed by atoms with Gasteiger partial charge in [-0.05, 0) is 6.42 Å². The van der Waals surface area contributed by atoms with Crippen LogP contribution in [0.15, 0.2) is 0 Å². The normalized spacial score (nSPS) is 17.0. The van der Waals surface area contributed by atoms with Gasteiger partial charge in [0, 0.05) is 13.2 Å². The first-order valence-electron chi connectivity index (χ1n) is 1.96. The zero-order valence-corrected chi connectivity index (χ0v) is 3.91. The van der Waals surface area contributed by atoms with Gasteiger partial charge < -0.3 is 4.74 Å². The van der Waals surface area contributed by atoms with Gasteiger partial charge in [-0.15, -0.1) is 0 Å². The molecule has 1 rings (SSSR count). The van der Waals surface area contributed by atoms with Gasteiger partial charge >= 0.3 is 0 Å². The van der Waals surface area contributed by atoms with Crippen molar-refractivity contribution < 1.29 is 9.13 Å². The van der Waals surface area contributed by atoms with E-state index < -0.39 is 0 Å². The van der Waals surface area contributed by atoms with Gasteiger partial charge in [-0.25, -0.2) is 0 Å². The Morgan fingerprint density at radius 2 is 1.50 bits per heavy atom. The van der Waals surface area contributed by atoms with Crippen molar-refractivity contribution in [2.24, 2.45) is 0 Å². The first-order valence-corrected chi connectivity index (χ1v) is 1.96. The Bertz CT molecular complexity index is 15.5. The summed E-state index contributed by atoms with van der Waals surface area (Å²) < 4.78 is 14.2. The van der Waals surface area contributed by atoms with E-state index in [1.54, 1.807) is 0 Å². The lowest BCUT2D eigenvalue weighted by Crippen LogP contribution is -2.09. The molecule has 0 amide bonds. The van der Waals surface area contributed by atoms with E-state index in [0.717, 1.165) is 13.2 Å². The van der Waals surface area contributed by atoms with E-state index in [1.807, 2.05) is 0 Å². The van der Waals surface area contributed by atoms with E-state index in [1.165, 1.54) is 6.42 Å². The third-order valence-corrected chi connectivity index (χ3v) is 0.577. The second-order valence-electron chi connectivity index (χ2n) is 0.966. The van der Waals surface area contributed by atoms with Crippen molar-refractivity contribution in [3.63, 3.8) is 0 Å². The van der Waals surface area contributed by atoms with Crippen molar-refractivity contribution in [3.8, 4) is 0 Å². The van der Waals surface area contributed by atoms with Gasteiger partial charge in [0.15, 0.2) is 0 Å². The van der Waals surface area contributed by atoms with Gasteiger partial charge in [-0.1, -0.05) is 0 Å². The highest BCUT2D eigenvalue weighted by atomic mass is 19.1. The van der Waals surface area contributed by atoms with Crippen molar-refractivity contribution in [2.45, 2.75) is 6.42 Å². The van der Waals surface area contributed by atoms with Crippen LogP contribution in [0.25, 0.3) is 0 Å². The predicted octanol–water partition coefficient (Wildman–Crippen LogP) is 0.992. The van der Waals surface area contributed by atoms with Crippen LogP contribution < -0.4 is 0 Å². The molecule has 0 atom stereocenters. The molecule has 0 spiro atoms. The van der Waals surface area contributed by atoms with Crippen molar-refractivity contribution in [3.05, 3.63) is 0 Å². The molecule has 1 fully saturated rings. The standard InChI is InChI=1S/C3H6O.CH3F/c1-2-4-3-1;1-2/h1-3H2;1H3. The van der Waals surface area contributed by atoms with Crippen LogP contribution in [0.1, 0.15) is 6.42 Å². The first-order chi connectivity index (χ1) is 3.00. The third-order valence-electron chi connectivity index (χ3n) is 0.577. The highest BCUT2D eigenvalue weighted by Crippen LogP contribution is 1.92. The summed E-state index contributed by atoms with van der Waals surface area (Å²) in [4.78, 5) is 0. The van der Waals surface area contributed by atoms with Crippen LogP contribution >= 0.6 is 0 Å². The number of ether oxygens (including phenoxy) is 1. The summed E-state index contributed by atoms with van der Waals surface area (Å²) in [6.45, 7) is 2.00. The average Bonchev–Trinajstić information content (AvgIpc) is 1.36. The summed E-state index contributed by atoms with van der Waals surface area (Å²) in [6, 6.07) is 0. The smallest absolute Gasteiger partial charge is 0.0785 e. The molecule has 0 aromatic rings. The summed E-state index contributed by atoms with van der Waals surface area (Å²) in [5.74, 6) is 0. The third kappa shape index (κ3) is 2.15. The fraction of sp³-hybridized carbons (Fsp3) is 1.00. The van der Waals surface area contributed by atoms with Crippen molar-refractivity contribution in [1.82, 2.24) is 0 Å². The molecule has 1 aliphatic heterocycles. The van der Waals surface area contributed by atoms with Crippen LogP contribution in [0.2, 0.25) is 0 Å². The molecular weight excluding hydrogens is 83.0 g/mol. The molecule has 0 saturated carbocycles. The molecular formula is C4H9FO. The minimum absolute atomic E-state index is 0.500. The fourth-order valence-corrected chi connectivity index (χ4v) is 0.144. The summed E-state index contributed by atoms with van der Waals surface area (Å²) >= 11 is 0. The molecule has 0 bridgehead atoms. The lowest BCUT2D eigenvalue weighted by Gasteiger charge is -2.09. The monoisotopic (exact) mass is 92.1 g/mol. The lowest BCUT2D eigenvalue weighted by molar-refractivity contribution is 0.0367. The first kappa shape index (κ1) is 5.89. The van der Waals surface area contributed by atoms with Crippen LogP contribution in [0.5, 0.6) is 0 Å². The Hall–Kier alpha value is -0.110. The highest BCUT2D eigenvalue weighted by molar-refractivity contribution is 4.41. The molecule has 0 aromatic carbocycles. The Labute approximate surface area is 37.1 Å². The minimum Gasteiger partial charge on any atom is -0.381 e. The number of hydrogen-bond donors (Lipinski definition) is 0. The summed E-state index contributed by atoms with van der Waals surface area (Å²) in [5, 5.41) is 0. The van der Waals surface area contributed by atoms with E-state index in [0.29, 0.717) is 7.18 Å². The highest BCUT2D eigenvalue weighted by Gasteiger charge is 1.94. The predicted molar refractivity (Wildman–Crippen MR) is 22.5 cm³/mol. The van der Waals surface area contributed by atoms with E-state index >= 15 is 0 Å². The van der Waals surface area contributed by atoms with E-state index in [-0.39, 0.29) is 0 Å². The van der Waals surface area contributed by atoms with E-state index in [2.05, 4.69) is 0 Å². The van der Waals surface area contributed by atoms with Crippen molar-refractivity contribution in [1.29, 1.82) is 0 Å². The average molecular weight is 92.1 g/mol. The van der Waals surface area contributed by atoms with Gasteiger partial charge in [0.05, 0.1) is 7.18 Å². The number of rotatable bonds is 0. The molecule has 1 heterocycles. The zero-order chi connectivity index (χ0) is 4.83. The molecule has 0 aliphatic carbocycles. The molecule has 38 valence electrons. The number of halogens is 1. The van der Waals surface area contributed by atoms with Crippen LogP contribution in [0, 0.1) is 0 Å². The van der Waals surface area contributed by atoms with Crippen molar-refractivity contribution >= 4 is 0 Å². The van der Waals surface area contributed by atoms with Crippen LogP contribution in [0.4, 0.5) is 4.39 Å². The second kappa shape index (κ2) is 4.89. The lowest BCUT2D eigenvalue weighted by atomic mass is 10.4. The van der Waals surface area contributed by atoms with Gasteiger partial charge in [0.1, 0.15) is 0 Å². The molecule has 1 aliphatic rings. The summed E-state index contributed by atoms with van der Waals surface area (Å²) in [6.07, 6.45) is 1.28. The molecule has 2 heteroatoms. The SMILES string of the molecule is C1COC1.CF. The fourth-order valence-electron chi connectivity index (χ4n) is 0.144. The van der Waals surface area contributed by atoms with Crippen LogP contribution in [0.3, 0.4) is 0 Å². The molecule has 0 radical (unpaired) electrons. The summed E-state index contributed by atoms with van der Waals surface area (Å²) in [7, 11) is 0.500. The van der Waals surface area contributed by atoms with Gasteiger partial charge in [0.25, 0.3) is 0 Å². The Morgan fingerprint density at radius 1 is 1.33 bits per heavy atom. The maximum absolute atomic E-state index is 9.50. The maximum atomic E-state index is 9.50. The molecule has 1 nitrogen and oxygen atoms in total. The zero-order valence-electron chi connectivity index (χ0n) is 3.91. The molecule has 6 heavy (non-hydrogen) atoms. The second-order valence-corrected chi connectivity index (χ2v) is 0.966. The molecule has 0 unspecified atom stereocenters. The Morgan fingerprint density at radius 3 is 1.50 bits per heavy atom. The minimum atomic E-state index is 0.500. The molecule has 1 saturated heterocycles.